The summed E-state index contributed by atoms with van der Waals surface area (Å²) in [5.41, 5.74) is 0.395. The van der Waals surface area contributed by atoms with Gasteiger partial charge in [0.25, 0.3) is 0 Å². The minimum Gasteiger partial charge on any atom is -0.480 e. The summed E-state index contributed by atoms with van der Waals surface area (Å²) in [7, 11) is 1.47. The predicted octanol–water partition coefficient (Wildman–Crippen LogP) is 4.12. The number of rotatable bonds is 3. The zero-order valence-electron chi connectivity index (χ0n) is 10.8. The van der Waals surface area contributed by atoms with Gasteiger partial charge >= 0.3 is 6.18 Å². The molecule has 1 aromatic heterocycles. The van der Waals surface area contributed by atoms with Crippen molar-refractivity contribution in [2.45, 2.75) is 19.5 Å². The molecule has 7 heteroatoms. The summed E-state index contributed by atoms with van der Waals surface area (Å²) < 4.78 is 44.3. The average molecular weight is 305 g/mol. The number of alkyl halides is 3. The second-order valence-electron chi connectivity index (χ2n) is 4.11. The van der Waals surface area contributed by atoms with Gasteiger partial charge in [-0.3, -0.25) is 0 Å². The third-order valence-electron chi connectivity index (χ3n) is 2.84. The van der Waals surface area contributed by atoms with Crippen molar-refractivity contribution in [3.63, 3.8) is 0 Å². The molecule has 2 rings (SSSR count). The van der Waals surface area contributed by atoms with Crippen LogP contribution >= 0.6 is 11.6 Å². The van der Waals surface area contributed by atoms with Crippen LogP contribution in [0.2, 0.25) is 5.02 Å². The molecule has 0 spiro atoms. The number of hydrogen-bond donors (Lipinski definition) is 0. The topological polar surface area (TPSA) is 27.1 Å². The van der Waals surface area contributed by atoms with Crippen molar-refractivity contribution in [2.75, 3.05) is 7.11 Å². The minimum atomic E-state index is -4.42. The standard InChI is InChI=1S/C13H12ClF3N2O/c1-3-9-7-12(20-2)18-19(9)11-5-4-8(6-10(11)14)13(15,16)17/h4-7H,3H2,1-2H3. The number of nitrogens with zero attached hydrogens (tertiary/aromatic N) is 2. The van der Waals surface area contributed by atoms with Gasteiger partial charge in [0.2, 0.25) is 5.88 Å². The van der Waals surface area contributed by atoms with Crippen LogP contribution in [0.4, 0.5) is 13.2 Å². The predicted molar refractivity (Wildman–Crippen MR) is 69.5 cm³/mol. The van der Waals surface area contributed by atoms with E-state index in [9.17, 15) is 13.2 Å². The van der Waals surface area contributed by atoms with Crippen molar-refractivity contribution < 1.29 is 17.9 Å². The van der Waals surface area contributed by atoms with E-state index in [0.29, 0.717) is 18.0 Å². The Labute approximate surface area is 118 Å². The first-order valence-electron chi connectivity index (χ1n) is 5.87. The van der Waals surface area contributed by atoms with Crippen LogP contribution in [0.3, 0.4) is 0 Å². The van der Waals surface area contributed by atoms with Crippen LogP contribution in [0.5, 0.6) is 5.88 Å². The average Bonchev–Trinajstić information content (AvgIpc) is 2.80. The minimum absolute atomic E-state index is 0.0136. The van der Waals surface area contributed by atoms with Gasteiger partial charge in [0.05, 0.1) is 23.4 Å². The fourth-order valence-corrected chi connectivity index (χ4v) is 2.07. The number of hydrogen-bond acceptors (Lipinski definition) is 2. The van der Waals surface area contributed by atoms with Crippen LogP contribution in [0.15, 0.2) is 24.3 Å². The molecule has 0 bridgehead atoms. The van der Waals surface area contributed by atoms with Crippen LogP contribution < -0.4 is 4.74 Å². The Morgan fingerprint density at radius 3 is 2.50 bits per heavy atom. The maximum atomic E-state index is 12.6. The molecule has 0 atom stereocenters. The monoisotopic (exact) mass is 304 g/mol. The van der Waals surface area contributed by atoms with Gasteiger partial charge < -0.3 is 4.74 Å². The van der Waals surface area contributed by atoms with Crippen LogP contribution in [-0.2, 0) is 12.6 Å². The summed E-state index contributed by atoms with van der Waals surface area (Å²) in [5, 5.41) is 4.14. The van der Waals surface area contributed by atoms with E-state index in [1.54, 1.807) is 6.07 Å². The number of methoxy groups -OCH3 is 1. The molecule has 20 heavy (non-hydrogen) atoms. The molecule has 0 radical (unpaired) electrons. The Morgan fingerprint density at radius 2 is 2.00 bits per heavy atom. The number of halogens is 4. The first-order valence-corrected chi connectivity index (χ1v) is 6.24. The zero-order chi connectivity index (χ0) is 14.9. The lowest BCUT2D eigenvalue weighted by atomic mass is 10.2. The smallest absolute Gasteiger partial charge is 0.416 e. The molecule has 0 fully saturated rings. The molecule has 1 aromatic carbocycles. The summed E-state index contributed by atoms with van der Waals surface area (Å²) in [5.74, 6) is 0.387. The van der Waals surface area contributed by atoms with Gasteiger partial charge in [-0.15, -0.1) is 5.10 Å². The Kier molecular flexibility index (Phi) is 3.94. The van der Waals surface area contributed by atoms with E-state index in [4.69, 9.17) is 16.3 Å². The fraction of sp³-hybridized carbons (Fsp3) is 0.308. The first kappa shape index (κ1) is 14.7. The summed E-state index contributed by atoms with van der Waals surface area (Å²) in [6.07, 6.45) is -3.77. The van der Waals surface area contributed by atoms with Crippen molar-refractivity contribution >= 4 is 11.6 Å². The third kappa shape index (κ3) is 2.75. The van der Waals surface area contributed by atoms with E-state index in [-0.39, 0.29) is 5.02 Å². The number of benzene rings is 1. The lowest BCUT2D eigenvalue weighted by Gasteiger charge is -2.11. The highest BCUT2D eigenvalue weighted by atomic mass is 35.5. The van der Waals surface area contributed by atoms with Crippen molar-refractivity contribution in [1.82, 2.24) is 9.78 Å². The van der Waals surface area contributed by atoms with Gasteiger partial charge in [0.1, 0.15) is 0 Å². The molecule has 1 heterocycles. The van der Waals surface area contributed by atoms with Gasteiger partial charge in [-0.2, -0.15) is 13.2 Å². The quantitative estimate of drug-likeness (QED) is 0.853. The molecule has 0 aliphatic rings. The Hall–Kier alpha value is -1.69. The molecular formula is C13H12ClF3N2O. The summed E-state index contributed by atoms with van der Waals surface area (Å²) in [6, 6.07) is 4.89. The second-order valence-corrected chi connectivity index (χ2v) is 4.51. The number of ether oxygens (including phenoxy) is 1. The molecule has 0 N–H and O–H groups in total. The highest BCUT2D eigenvalue weighted by Crippen LogP contribution is 2.33. The first-order chi connectivity index (χ1) is 9.36. The van der Waals surface area contributed by atoms with Crippen molar-refractivity contribution in [1.29, 1.82) is 0 Å². The van der Waals surface area contributed by atoms with E-state index in [2.05, 4.69) is 5.10 Å². The van der Waals surface area contributed by atoms with Crippen molar-refractivity contribution in [3.8, 4) is 11.6 Å². The van der Waals surface area contributed by atoms with E-state index < -0.39 is 11.7 Å². The number of aryl methyl sites for hydroxylation is 1. The highest BCUT2D eigenvalue weighted by Gasteiger charge is 2.31. The summed E-state index contributed by atoms with van der Waals surface area (Å²) in [6.45, 7) is 1.91. The molecule has 0 unspecified atom stereocenters. The van der Waals surface area contributed by atoms with E-state index in [0.717, 1.165) is 17.8 Å². The molecule has 0 saturated carbocycles. The van der Waals surface area contributed by atoms with Gasteiger partial charge in [0, 0.05) is 11.8 Å². The summed E-state index contributed by atoms with van der Waals surface area (Å²) in [4.78, 5) is 0. The zero-order valence-corrected chi connectivity index (χ0v) is 11.6. The van der Waals surface area contributed by atoms with E-state index in [1.807, 2.05) is 6.92 Å². The molecule has 3 nitrogen and oxygen atoms in total. The van der Waals surface area contributed by atoms with E-state index >= 15 is 0 Å². The summed E-state index contributed by atoms with van der Waals surface area (Å²) >= 11 is 5.95. The molecule has 108 valence electrons. The van der Waals surface area contributed by atoms with E-state index in [1.165, 1.54) is 17.9 Å². The van der Waals surface area contributed by atoms with Crippen LogP contribution in [0.25, 0.3) is 5.69 Å². The molecular weight excluding hydrogens is 293 g/mol. The normalized spacial score (nSPS) is 11.7. The van der Waals surface area contributed by atoms with Crippen molar-refractivity contribution in [2.24, 2.45) is 0 Å². The largest absolute Gasteiger partial charge is 0.480 e. The molecule has 0 aliphatic heterocycles. The van der Waals surface area contributed by atoms with Gasteiger partial charge in [-0.05, 0) is 24.6 Å². The van der Waals surface area contributed by atoms with Crippen LogP contribution in [-0.4, -0.2) is 16.9 Å². The lowest BCUT2D eigenvalue weighted by molar-refractivity contribution is -0.137. The molecule has 0 aliphatic carbocycles. The number of aromatic nitrogens is 2. The molecule has 2 aromatic rings. The Bertz CT molecular complexity index is 623. The maximum absolute atomic E-state index is 12.6. The SMILES string of the molecule is CCc1cc(OC)nn1-c1ccc(C(F)(F)F)cc1Cl. The van der Waals surface area contributed by atoms with Crippen molar-refractivity contribution in [3.05, 3.63) is 40.5 Å². The van der Waals surface area contributed by atoms with Gasteiger partial charge in [-0.1, -0.05) is 18.5 Å². The third-order valence-corrected chi connectivity index (χ3v) is 3.14. The molecule has 0 saturated heterocycles. The Morgan fingerprint density at radius 1 is 1.30 bits per heavy atom. The second kappa shape index (κ2) is 5.36. The van der Waals surface area contributed by atoms with Crippen LogP contribution in [0, 0.1) is 0 Å². The van der Waals surface area contributed by atoms with Gasteiger partial charge in [-0.25, -0.2) is 4.68 Å². The fourth-order valence-electron chi connectivity index (χ4n) is 1.81. The highest BCUT2D eigenvalue weighted by molar-refractivity contribution is 6.32. The molecule has 0 amide bonds. The maximum Gasteiger partial charge on any atom is 0.416 e. The Balaban J connectivity index is 2.51. The lowest BCUT2D eigenvalue weighted by Crippen LogP contribution is -2.07. The van der Waals surface area contributed by atoms with Crippen LogP contribution in [0.1, 0.15) is 18.2 Å². The van der Waals surface area contributed by atoms with Gasteiger partial charge in [0.15, 0.2) is 0 Å².